The maximum absolute atomic E-state index is 11.9. The Morgan fingerprint density at radius 1 is 1.33 bits per heavy atom. The average Bonchev–Trinajstić information content (AvgIpc) is 3.04. The van der Waals surface area contributed by atoms with Crippen molar-refractivity contribution in [1.29, 1.82) is 0 Å². The molecular formula is C16H23N4O4+. The van der Waals surface area contributed by atoms with E-state index in [1.165, 1.54) is 4.90 Å². The van der Waals surface area contributed by atoms with E-state index in [-0.39, 0.29) is 19.3 Å². The molecule has 0 radical (unpaired) electrons. The van der Waals surface area contributed by atoms with Crippen LogP contribution in [-0.2, 0) is 9.63 Å². The molecule has 1 amide bonds. The van der Waals surface area contributed by atoms with Crippen LogP contribution in [0.25, 0.3) is 0 Å². The van der Waals surface area contributed by atoms with Crippen LogP contribution in [0.5, 0.6) is 11.5 Å². The number of piperazine rings is 1. The summed E-state index contributed by atoms with van der Waals surface area (Å²) in [6.07, 6.45) is 0. The standard InChI is InChI=1S/C16H22N4O4/c1-12(13-3-4-14-15(9-13)23-11-22-14)18-24-10-16(21)17-20-7-5-19(2)6-8-20/h3-4,9H,5-8,10-11H2,1-2H3,(H,17,21)/p+1/b18-12-. The lowest BCUT2D eigenvalue weighted by atomic mass is 10.1. The third-order valence-electron chi connectivity index (χ3n) is 4.09. The van der Waals surface area contributed by atoms with Crippen molar-refractivity contribution in [3.05, 3.63) is 23.8 Å². The Balaban J connectivity index is 1.46. The largest absolute Gasteiger partial charge is 0.454 e. The van der Waals surface area contributed by atoms with Gasteiger partial charge in [-0.05, 0) is 25.1 Å². The van der Waals surface area contributed by atoms with Gasteiger partial charge in [-0.15, -0.1) is 0 Å². The molecular weight excluding hydrogens is 312 g/mol. The molecule has 0 unspecified atom stereocenters. The lowest BCUT2D eigenvalue weighted by Crippen LogP contribution is -3.12. The number of rotatable bonds is 5. The molecule has 2 aliphatic heterocycles. The molecule has 1 saturated heterocycles. The van der Waals surface area contributed by atoms with Crippen LogP contribution in [0, 0.1) is 0 Å². The summed E-state index contributed by atoms with van der Waals surface area (Å²) in [7, 11) is 2.15. The first-order chi connectivity index (χ1) is 11.6. The first-order valence-corrected chi connectivity index (χ1v) is 8.04. The SMILES string of the molecule is C/C(=N/OCC(=O)NN1CC[NH+](C)CC1)c1ccc2c(c1)OCO2. The quantitative estimate of drug-likeness (QED) is 0.534. The minimum absolute atomic E-state index is 0.110. The summed E-state index contributed by atoms with van der Waals surface area (Å²) in [6.45, 7) is 5.67. The number of fused-ring (bicyclic) bond motifs is 1. The summed E-state index contributed by atoms with van der Waals surface area (Å²) in [6, 6.07) is 5.55. The molecule has 0 bridgehead atoms. The number of carbonyl (C=O) groups is 1. The van der Waals surface area contributed by atoms with E-state index >= 15 is 0 Å². The maximum Gasteiger partial charge on any atom is 0.275 e. The van der Waals surface area contributed by atoms with Crippen LogP contribution in [0.2, 0.25) is 0 Å². The molecule has 1 fully saturated rings. The number of likely N-dealkylation sites (N-methyl/N-ethyl adjacent to an activating group) is 1. The Bertz CT molecular complexity index is 627. The topological polar surface area (TPSA) is 76.8 Å². The Morgan fingerprint density at radius 3 is 2.88 bits per heavy atom. The lowest BCUT2D eigenvalue weighted by molar-refractivity contribution is -0.884. The number of nitrogens with zero attached hydrogens (tertiary/aromatic N) is 2. The molecule has 24 heavy (non-hydrogen) atoms. The molecule has 0 saturated carbocycles. The van der Waals surface area contributed by atoms with Gasteiger partial charge < -0.3 is 19.2 Å². The van der Waals surface area contributed by atoms with Crippen LogP contribution >= 0.6 is 0 Å². The zero-order valence-electron chi connectivity index (χ0n) is 14.0. The van der Waals surface area contributed by atoms with Gasteiger partial charge in [-0.25, -0.2) is 5.01 Å². The van der Waals surface area contributed by atoms with Crippen LogP contribution in [0.1, 0.15) is 12.5 Å². The van der Waals surface area contributed by atoms with Crippen LogP contribution in [0.4, 0.5) is 0 Å². The van der Waals surface area contributed by atoms with E-state index in [1.54, 1.807) is 0 Å². The van der Waals surface area contributed by atoms with Gasteiger partial charge in [0, 0.05) is 5.56 Å². The van der Waals surface area contributed by atoms with E-state index in [2.05, 4.69) is 17.6 Å². The molecule has 0 aliphatic carbocycles. The molecule has 130 valence electrons. The fraction of sp³-hybridized carbons (Fsp3) is 0.500. The highest BCUT2D eigenvalue weighted by Crippen LogP contribution is 2.32. The van der Waals surface area contributed by atoms with Crippen molar-refractivity contribution in [3.63, 3.8) is 0 Å². The minimum atomic E-state index is -0.197. The molecule has 1 aromatic carbocycles. The van der Waals surface area contributed by atoms with Crippen LogP contribution < -0.4 is 19.8 Å². The number of ether oxygens (including phenoxy) is 2. The van der Waals surface area contributed by atoms with Gasteiger partial charge >= 0.3 is 0 Å². The van der Waals surface area contributed by atoms with Crippen molar-refractivity contribution in [3.8, 4) is 11.5 Å². The Labute approximate surface area is 140 Å². The Kier molecular flexibility index (Phi) is 5.17. The number of amides is 1. The van der Waals surface area contributed by atoms with E-state index < -0.39 is 0 Å². The number of benzene rings is 1. The van der Waals surface area contributed by atoms with E-state index in [9.17, 15) is 4.79 Å². The van der Waals surface area contributed by atoms with Gasteiger partial charge in [0.05, 0.1) is 38.9 Å². The monoisotopic (exact) mass is 335 g/mol. The van der Waals surface area contributed by atoms with Crippen molar-refractivity contribution >= 4 is 11.6 Å². The smallest absolute Gasteiger partial charge is 0.275 e. The molecule has 2 aliphatic rings. The highest BCUT2D eigenvalue weighted by molar-refractivity contribution is 5.99. The zero-order chi connectivity index (χ0) is 16.9. The summed E-state index contributed by atoms with van der Waals surface area (Å²) in [5.74, 6) is 1.22. The molecule has 1 aromatic rings. The second kappa shape index (κ2) is 7.50. The number of hydrogen-bond donors (Lipinski definition) is 2. The third-order valence-corrected chi connectivity index (χ3v) is 4.09. The third kappa shape index (κ3) is 4.15. The number of hydrogen-bond acceptors (Lipinski definition) is 6. The van der Waals surface area contributed by atoms with Gasteiger partial charge in [-0.1, -0.05) is 5.16 Å². The van der Waals surface area contributed by atoms with Crippen LogP contribution in [0.3, 0.4) is 0 Å². The Morgan fingerprint density at radius 2 is 2.08 bits per heavy atom. The van der Waals surface area contributed by atoms with Crippen LogP contribution in [-0.4, -0.2) is 63.3 Å². The summed E-state index contributed by atoms with van der Waals surface area (Å²) in [5, 5.41) is 5.93. The average molecular weight is 335 g/mol. The summed E-state index contributed by atoms with van der Waals surface area (Å²) < 4.78 is 10.6. The summed E-state index contributed by atoms with van der Waals surface area (Å²) >= 11 is 0. The summed E-state index contributed by atoms with van der Waals surface area (Å²) in [5.41, 5.74) is 4.37. The molecule has 2 heterocycles. The molecule has 0 spiro atoms. The van der Waals surface area contributed by atoms with Gasteiger partial charge in [-0.3, -0.25) is 10.2 Å². The molecule has 0 atom stereocenters. The number of oxime groups is 1. The number of nitrogens with one attached hydrogen (secondary N) is 2. The molecule has 8 heteroatoms. The molecule has 2 N–H and O–H groups in total. The lowest BCUT2D eigenvalue weighted by Gasteiger charge is -2.29. The first kappa shape index (κ1) is 16.5. The normalized spacial score (nSPS) is 18.5. The van der Waals surface area contributed by atoms with Gasteiger partial charge in [0.2, 0.25) is 6.79 Å². The number of carbonyl (C=O) groups excluding carboxylic acids is 1. The fourth-order valence-corrected chi connectivity index (χ4v) is 2.57. The van der Waals surface area contributed by atoms with Crippen molar-refractivity contribution in [1.82, 2.24) is 10.4 Å². The van der Waals surface area contributed by atoms with E-state index in [1.807, 2.05) is 30.1 Å². The highest BCUT2D eigenvalue weighted by atomic mass is 16.7. The second-order valence-electron chi connectivity index (χ2n) is 6.00. The first-order valence-electron chi connectivity index (χ1n) is 8.04. The number of hydrazine groups is 1. The van der Waals surface area contributed by atoms with E-state index in [0.717, 1.165) is 37.5 Å². The molecule has 8 nitrogen and oxygen atoms in total. The highest BCUT2D eigenvalue weighted by Gasteiger charge is 2.18. The van der Waals surface area contributed by atoms with Crippen molar-refractivity contribution in [2.45, 2.75) is 6.92 Å². The van der Waals surface area contributed by atoms with Crippen molar-refractivity contribution in [2.75, 3.05) is 46.6 Å². The predicted octanol–water partition coefficient (Wildman–Crippen LogP) is -0.983. The van der Waals surface area contributed by atoms with Gasteiger partial charge in [0.1, 0.15) is 0 Å². The van der Waals surface area contributed by atoms with Crippen molar-refractivity contribution in [2.24, 2.45) is 5.16 Å². The van der Waals surface area contributed by atoms with Crippen LogP contribution in [0.15, 0.2) is 23.4 Å². The minimum Gasteiger partial charge on any atom is -0.454 e. The Hall–Kier alpha value is -2.32. The molecule has 0 aromatic heterocycles. The van der Waals surface area contributed by atoms with Gasteiger partial charge in [0.15, 0.2) is 18.1 Å². The summed E-state index contributed by atoms with van der Waals surface area (Å²) in [4.78, 5) is 18.5. The second-order valence-corrected chi connectivity index (χ2v) is 6.00. The molecule has 3 rings (SSSR count). The van der Waals surface area contributed by atoms with E-state index in [4.69, 9.17) is 14.3 Å². The van der Waals surface area contributed by atoms with Gasteiger partial charge in [0.25, 0.3) is 5.91 Å². The fourth-order valence-electron chi connectivity index (χ4n) is 2.57. The van der Waals surface area contributed by atoms with Gasteiger partial charge in [-0.2, -0.15) is 0 Å². The predicted molar refractivity (Wildman–Crippen MR) is 87.1 cm³/mol. The zero-order valence-corrected chi connectivity index (χ0v) is 14.0. The number of quaternary nitrogens is 1. The van der Waals surface area contributed by atoms with Crippen molar-refractivity contribution < 1.29 is 24.0 Å². The van der Waals surface area contributed by atoms with E-state index in [0.29, 0.717) is 11.5 Å². The maximum atomic E-state index is 11.9.